The maximum absolute atomic E-state index is 13.7. The fourth-order valence-electron chi connectivity index (χ4n) is 2.72. The Morgan fingerprint density at radius 3 is 2.58 bits per heavy atom. The minimum atomic E-state index is -1.66. The summed E-state index contributed by atoms with van der Waals surface area (Å²) >= 11 is 0. The van der Waals surface area contributed by atoms with Gasteiger partial charge in [-0.25, -0.2) is 13.2 Å². The molecule has 0 saturated carbocycles. The highest BCUT2D eigenvalue weighted by molar-refractivity contribution is 6.05. The van der Waals surface area contributed by atoms with Crippen molar-refractivity contribution in [2.75, 3.05) is 17.3 Å². The van der Waals surface area contributed by atoms with Crippen molar-refractivity contribution in [3.8, 4) is 0 Å². The van der Waals surface area contributed by atoms with Crippen molar-refractivity contribution >= 4 is 23.2 Å². The number of amides is 2. The number of rotatable bonds is 2. The third-order valence-corrected chi connectivity index (χ3v) is 4.04. The number of halogens is 3. The number of para-hydroxylation sites is 1. The van der Waals surface area contributed by atoms with Crippen LogP contribution in [0.3, 0.4) is 0 Å². The maximum atomic E-state index is 13.7. The summed E-state index contributed by atoms with van der Waals surface area (Å²) < 4.78 is 40.0. The summed E-state index contributed by atoms with van der Waals surface area (Å²) in [5.74, 6) is -6.24. The molecule has 0 aromatic heterocycles. The Kier molecular flexibility index (Phi) is 4.01. The van der Waals surface area contributed by atoms with Crippen molar-refractivity contribution in [1.29, 1.82) is 0 Å². The van der Waals surface area contributed by atoms with Gasteiger partial charge >= 0.3 is 0 Å². The summed E-state index contributed by atoms with van der Waals surface area (Å²) in [6.07, 6.45) is -0.0926. The number of benzene rings is 2. The lowest BCUT2D eigenvalue weighted by Crippen LogP contribution is -2.37. The van der Waals surface area contributed by atoms with Crippen LogP contribution in [0.25, 0.3) is 0 Å². The zero-order chi connectivity index (χ0) is 17.4. The van der Waals surface area contributed by atoms with Gasteiger partial charge in [-0.1, -0.05) is 18.2 Å². The second kappa shape index (κ2) is 5.99. The fraction of sp³-hybridized carbons (Fsp3) is 0.176. The summed E-state index contributed by atoms with van der Waals surface area (Å²) in [6, 6.07) is 8.52. The molecule has 0 aliphatic carbocycles. The van der Waals surface area contributed by atoms with E-state index in [9.17, 15) is 22.8 Å². The van der Waals surface area contributed by atoms with E-state index >= 15 is 0 Å². The van der Waals surface area contributed by atoms with Crippen molar-refractivity contribution in [2.45, 2.75) is 12.3 Å². The first-order chi connectivity index (χ1) is 11.4. The number of nitrogens with one attached hydrogen (secondary N) is 1. The highest BCUT2D eigenvalue weighted by Crippen LogP contribution is 2.36. The maximum Gasteiger partial charge on any atom is 0.232 e. The van der Waals surface area contributed by atoms with Crippen molar-refractivity contribution < 1.29 is 22.8 Å². The summed E-state index contributed by atoms with van der Waals surface area (Å²) in [7, 11) is 1.60. The third-order valence-electron chi connectivity index (χ3n) is 4.04. The van der Waals surface area contributed by atoms with E-state index in [-0.39, 0.29) is 12.3 Å². The Bertz CT molecular complexity index is 839. The van der Waals surface area contributed by atoms with Crippen molar-refractivity contribution in [2.24, 2.45) is 0 Å². The van der Waals surface area contributed by atoms with Crippen LogP contribution in [0.4, 0.5) is 24.5 Å². The monoisotopic (exact) mass is 334 g/mol. The second-order valence-electron chi connectivity index (χ2n) is 5.48. The highest BCUT2D eigenvalue weighted by atomic mass is 19.2. The van der Waals surface area contributed by atoms with Gasteiger partial charge in [-0.15, -0.1) is 0 Å². The number of carbonyl (C=O) groups is 2. The van der Waals surface area contributed by atoms with Gasteiger partial charge in [0.1, 0.15) is 0 Å². The minimum absolute atomic E-state index is 0.0926. The first-order valence-corrected chi connectivity index (χ1v) is 7.20. The predicted molar refractivity (Wildman–Crippen MR) is 82.2 cm³/mol. The Labute approximate surface area is 135 Å². The molecule has 0 fully saturated rings. The molecule has 1 unspecified atom stereocenters. The number of hydrogen-bond acceptors (Lipinski definition) is 2. The second-order valence-corrected chi connectivity index (χ2v) is 5.48. The van der Waals surface area contributed by atoms with Crippen molar-refractivity contribution in [3.63, 3.8) is 0 Å². The molecular weight excluding hydrogens is 321 g/mol. The van der Waals surface area contributed by atoms with Gasteiger partial charge in [-0.05, 0) is 23.8 Å². The standard InChI is InChI=1S/C17H13F3N2O2/c1-22-13-5-3-2-4-9(13)10(8-14(22)23)17(24)21-12-7-6-11(18)15(19)16(12)20/h2-7,10H,8H2,1H3,(H,21,24). The summed E-state index contributed by atoms with van der Waals surface area (Å²) in [4.78, 5) is 26.0. The van der Waals surface area contributed by atoms with Crippen molar-refractivity contribution in [3.05, 3.63) is 59.4 Å². The van der Waals surface area contributed by atoms with Crippen LogP contribution in [0.15, 0.2) is 36.4 Å². The van der Waals surface area contributed by atoms with Crippen LogP contribution < -0.4 is 10.2 Å². The van der Waals surface area contributed by atoms with Crippen LogP contribution >= 0.6 is 0 Å². The van der Waals surface area contributed by atoms with Gasteiger partial charge in [0, 0.05) is 19.2 Å². The van der Waals surface area contributed by atoms with Crippen LogP contribution in [0.1, 0.15) is 17.9 Å². The molecule has 124 valence electrons. The first kappa shape index (κ1) is 16.0. The van der Waals surface area contributed by atoms with E-state index in [0.717, 1.165) is 12.1 Å². The van der Waals surface area contributed by atoms with Crippen LogP contribution in [0.2, 0.25) is 0 Å². The smallest absolute Gasteiger partial charge is 0.232 e. The van der Waals surface area contributed by atoms with Gasteiger partial charge in [0.05, 0.1) is 11.6 Å². The molecule has 0 saturated heterocycles. The van der Waals surface area contributed by atoms with E-state index in [0.29, 0.717) is 11.3 Å². The number of hydrogen-bond donors (Lipinski definition) is 1. The van der Waals surface area contributed by atoms with E-state index in [1.165, 1.54) is 4.90 Å². The van der Waals surface area contributed by atoms with Crippen LogP contribution in [0, 0.1) is 17.5 Å². The predicted octanol–water partition coefficient (Wildman–Crippen LogP) is 3.19. The molecule has 4 nitrogen and oxygen atoms in total. The molecule has 1 atom stereocenters. The quantitative estimate of drug-likeness (QED) is 0.858. The molecule has 1 N–H and O–H groups in total. The van der Waals surface area contributed by atoms with E-state index in [2.05, 4.69) is 5.32 Å². The molecule has 2 aromatic carbocycles. The molecule has 1 aliphatic rings. The van der Waals surface area contributed by atoms with Gasteiger partial charge in [0.2, 0.25) is 11.8 Å². The molecule has 0 radical (unpaired) electrons. The van der Waals surface area contributed by atoms with Gasteiger partial charge in [-0.3, -0.25) is 9.59 Å². The zero-order valence-corrected chi connectivity index (χ0v) is 12.6. The van der Waals surface area contributed by atoms with E-state index in [4.69, 9.17) is 0 Å². The van der Waals surface area contributed by atoms with Gasteiger partial charge in [0.25, 0.3) is 0 Å². The number of carbonyl (C=O) groups excluding carboxylic acids is 2. The number of anilines is 2. The van der Waals surface area contributed by atoms with E-state index in [1.807, 2.05) is 0 Å². The summed E-state index contributed by atoms with van der Waals surface area (Å²) in [5, 5.41) is 2.23. The molecule has 0 spiro atoms. The van der Waals surface area contributed by atoms with Gasteiger partial charge in [-0.2, -0.15) is 0 Å². The van der Waals surface area contributed by atoms with E-state index in [1.54, 1.807) is 31.3 Å². The van der Waals surface area contributed by atoms with Gasteiger partial charge < -0.3 is 10.2 Å². The molecule has 7 heteroatoms. The van der Waals surface area contributed by atoms with Crippen LogP contribution in [0.5, 0.6) is 0 Å². The molecule has 2 aromatic rings. The summed E-state index contributed by atoms with van der Waals surface area (Å²) in [5.41, 5.74) is 0.725. The number of nitrogens with zero attached hydrogens (tertiary/aromatic N) is 1. The van der Waals surface area contributed by atoms with E-state index < -0.39 is 35.0 Å². The zero-order valence-electron chi connectivity index (χ0n) is 12.6. The average molecular weight is 334 g/mol. The lowest BCUT2D eigenvalue weighted by atomic mass is 9.89. The molecular formula is C17H13F3N2O2. The lowest BCUT2D eigenvalue weighted by Gasteiger charge is -2.30. The largest absolute Gasteiger partial charge is 0.323 e. The van der Waals surface area contributed by atoms with Crippen LogP contribution in [-0.4, -0.2) is 18.9 Å². The third kappa shape index (κ3) is 2.62. The Balaban J connectivity index is 1.92. The lowest BCUT2D eigenvalue weighted by molar-refractivity contribution is -0.124. The first-order valence-electron chi connectivity index (χ1n) is 7.20. The molecule has 1 heterocycles. The average Bonchev–Trinajstić information content (AvgIpc) is 2.58. The van der Waals surface area contributed by atoms with Gasteiger partial charge in [0.15, 0.2) is 17.5 Å². The summed E-state index contributed by atoms with van der Waals surface area (Å²) in [6.45, 7) is 0. The molecule has 2 amide bonds. The minimum Gasteiger partial charge on any atom is -0.323 e. The molecule has 3 rings (SSSR count). The molecule has 1 aliphatic heterocycles. The Hall–Kier alpha value is -2.83. The molecule has 24 heavy (non-hydrogen) atoms. The highest BCUT2D eigenvalue weighted by Gasteiger charge is 2.34. The SMILES string of the molecule is CN1C(=O)CC(C(=O)Nc2ccc(F)c(F)c2F)c2ccccc21. The van der Waals surface area contributed by atoms with Crippen LogP contribution in [-0.2, 0) is 9.59 Å². The fourth-order valence-corrected chi connectivity index (χ4v) is 2.72. The topological polar surface area (TPSA) is 49.4 Å². The number of fused-ring (bicyclic) bond motifs is 1. The molecule has 0 bridgehead atoms. The Morgan fingerprint density at radius 2 is 1.83 bits per heavy atom. The van der Waals surface area contributed by atoms with Crippen molar-refractivity contribution in [1.82, 2.24) is 0 Å². The Morgan fingerprint density at radius 1 is 1.12 bits per heavy atom. The normalized spacial score (nSPS) is 16.8.